The summed E-state index contributed by atoms with van der Waals surface area (Å²) in [5.74, 6) is 0.0129. The molecule has 6 heteroatoms. The molecule has 0 unspecified atom stereocenters. The van der Waals surface area contributed by atoms with Gasteiger partial charge in [-0.3, -0.25) is 14.4 Å². The molecule has 0 radical (unpaired) electrons. The maximum atomic E-state index is 12.6. The summed E-state index contributed by atoms with van der Waals surface area (Å²) in [7, 11) is 0. The fourth-order valence-corrected chi connectivity index (χ4v) is 3.94. The number of nitrogens with one attached hydrogen (secondary N) is 1. The highest BCUT2D eigenvalue weighted by molar-refractivity contribution is 6.05. The van der Waals surface area contributed by atoms with Crippen LogP contribution in [0, 0.1) is 5.92 Å². The van der Waals surface area contributed by atoms with E-state index in [1.54, 1.807) is 17.0 Å². The molecular formula is C23H25N3O3. The Morgan fingerprint density at radius 1 is 1.00 bits per heavy atom. The lowest BCUT2D eigenvalue weighted by Crippen LogP contribution is -2.32. The van der Waals surface area contributed by atoms with E-state index in [-0.39, 0.29) is 23.6 Å². The molecule has 0 bridgehead atoms. The van der Waals surface area contributed by atoms with Gasteiger partial charge in [0.2, 0.25) is 11.8 Å². The summed E-state index contributed by atoms with van der Waals surface area (Å²) < 4.78 is 0. The summed E-state index contributed by atoms with van der Waals surface area (Å²) in [5, 5.41) is 2.93. The smallest absolute Gasteiger partial charge is 0.255 e. The van der Waals surface area contributed by atoms with Gasteiger partial charge in [-0.05, 0) is 60.9 Å². The van der Waals surface area contributed by atoms with Gasteiger partial charge in [-0.25, -0.2) is 0 Å². The van der Waals surface area contributed by atoms with E-state index in [2.05, 4.69) is 5.32 Å². The zero-order valence-corrected chi connectivity index (χ0v) is 16.8. The largest absolute Gasteiger partial charge is 0.322 e. The van der Waals surface area contributed by atoms with Crippen LogP contribution in [0.15, 0.2) is 42.5 Å². The fourth-order valence-electron chi connectivity index (χ4n) is 3.94. The van der Waals surface area contributed by atoms with Crippen LogP contribution in [-0.2, 0) is 16.0 Å². The molecular weight excluding hydrogens is 366 g/mol. The van der Waals surface area contributed by atoms with Crippen molar-refractivity contribution in [2.75, 3.05) is 28.2 Å². The zero-order chi connectivity index (χ0) is 20.5. The molecule has 0 atom stereocenters. The first-order valence-electron chi connectivity index (χ1n) is 10.1. The first-order valence-corrected chi connectivity index (χ1v) is 10.1. The van der Waals surface area contributed by atoms with E-state index in [9.17, 15) is 14.4 Å². The third-order valence-corrected chi connectivity index (χ3v) is 5.51. The van der Waals surface area contributed by atoms with E-state index in [0.29, 0.717) is 24.2 Å². The lowest BCUT2D eigenvalue weighted by molar-refractivity contribution is -0.121. The molecule has 1 N–H and O–H groups in total. The van der Waals surface area contributed by atoms with Gasteiger partial charge in [0.15, 0.2) is 0 Å². The first-order chi connectivity index (χ1) is 13.9. The highest BCUT2D eigenvalue weighted by Gasteiger charge is 2.26. The average molecular weight is 391 g/mol. The number of benzene rings is 2. The zero-order valence-electron chi connectivity index (χ0n) is 16.8. The summed E-state index contributed by atoms with van der Waals surface area (Å²) >= 11 is 0. The van der Waals surface area contributed by atoms with Crippen molar-refractivity contribution in [1.29, 1.82) is 0 Å². The van der Waals surface area contributed by atoms with Gasteiger partial charge in [0.25, 0.3) is 5.91 Å². The molecule has 2 heterocycles. The summed E-state index contributed by atoms with van der Waals surface area (Å²) in [6, 6.07) is 12.8. The Bertz CT molecular complexity index is 966. The molecule has 2 aliphatic heterocycles. The van der Waals surface area contributed by atoms with E-state index in [4.69, 9.17) is 0 Å². The van der Waals surface area contributed by atoms with E-state index in [1.165, 1.54) is 0 Å². The lowest BCUT2D eigenvalue weighted by atomic mass is 10.1. The molecule has 29 heavy (non-hydrogen) atoms. The van der Waals surface area contributed by atoms with Crippen molar-refractivity contribution in [3.63, 3.8) is 0 Å². The van der Waals surface area contributed by atoms with Crippen molar-refractivity contribution >= 4 is 34.8 Å². The van der Waals surface area contributed by atoms with Crippen molar-refractivity contribution < 1.29 is 14.4 Å². The highest BCUT2D eigenvalue weighted by atomic mass is 16.2. The minimum atomic E-state index is -0.197. The maximum absolute atomic E-state index is 12.6. The fraction of sp³-hybridized carbons (Fsp3) is 0.348. The second kappa shape index (κ2) is 7.70. The predicted molar refractivity (Wildman–Crippen MR) is 113 cm³/mol. The topological polar surface area (TPSA) is 69.7 Å². The van der Waals surface area contributed by atoms with Crippen LogP contribution >= 0.6 is 0 Å². The summed E-state index contributed by atoms with van der Waals surface area (Å²) in [5.41, 5.74) is 4.08. The molecule has 2 aromatic rings. The molecule has 150 valence electrons. The van der Waals surface area contributed by atoms with E-state index in [1.807, 2.05) is 49.1 Å². The molecule has 0 saturated carbocycles. The van der Waals surface area contributed by atoms with Crippen LogP contribution in [0.25, 0.3) is 0 Å². The monoisotopic (exact) mass is 391 g/mol. The Kier molecular flexibility index (Phi) is 5.09. The third kappa shape index (κ3) is 3.75. The van der Waals surface area contributed by atoms with Gasteiger partial charge in [-0.1, -0.05) is 13.8 Å². The molecule has 0 spiro atoms. The van der Waals surface area contributed by atoms with Gasteiger partial charge in [-0.15, -0.1) is 0 Å². The van der Waals surface area contributed by atoms with Crippen molar-refractivity contribution in [3.05, 3.63) is 53.6 Å². The van der Waals surface area contributed by atoms with Crippen LogP contribution in [0.3, 0.4) is 0 Å². The second-order valence-electron chi connectivity index (χ2n) is 7.89. The first kappa shape index (κ1) is 19.2. The number of carbonyl (C=O) groups is 3. The summed E-state index contributed by atoms with van der Waals surface area (Å²) in [6.45, 7) is 5.22. The summed E-state index contributed by atoms with van der Waals surface area (Å²) in [4.78, 5) is 40.4. The minimum Gasteiger partial charge on any atom is -0.322 e. The van der Waals surface area contributed by atoms with Crippen LogP contribution in [0.5, 0.6) is 0 Å². The molecule has 3 amide bonds. The van der Waals surface area contributed by atoms with Crippen LogP contribution < -0.4 is 15.1 Å². The van der Waals surface area contributed by atoms with Crippen LogP contribution in [0.4, 0.5) is 17.1 Å². The highest BCUT2D eigenvalue weighted by Crippen LogP contribution is 2.31. The Morgan fingerprint density at radius 2 is 1.76 bits per heavy atom. The van der Waals surface area contributed by atoms with Gasteiger partial charge in [0.05, 0.1) is 0 Å². The number of rotatable bonds is 4. The molecule has 0 aromatic heterocycles. The molecule has 2 aromatic carbocycles. The predicted octanol–water partition coefficient (Wildman–Crippen LogP) is 3.61. The average Bonchev–Trinajstić information content (AvgIpc) is 3.33. The van der Waals surface area contributed by atoms with Crippen molar-refractivity contribution in [1.82, 2.24) is 0 Å². The van der Waals surface area contributed by atoms with Gasteiger partial charge < -0.3 is 15.1 Å². The van der Waals surface area contributed by atoms with Gasteiger partial charge in [0, 0.05) is 48.1 Å². The number of hydrogen-bond donors (Lipinski definition) is 1. The molecule has 2 aliphatic rings. The Hall–Kier alpha value is -3.15. The van der Waals surface area contributed by atoms with Gasteiger partial charge in [0.1, 0.15) is 0 Å². The second-order valence-corrected chi connectivity index (χ2v) is 7.89. The number of amides is 3. The van der Waals surface area contributed by atoms with E-state index >= 15 is 0 Å². The lowest BCUT2D eigenvalue weighted by Gasteiger charge is -2.19. The Labute approximate surface area is 170 Å². The molecule has 6 nitrogen and oxygen atoms in total. The van der Waals surface area contributed by atoms with Gasteiger partial charge in [-0.2, -0.15) is 0 Å². The summed E-state index contributed by atoms with van der Waals surface area (Å²) in [6.07, 6.45) is 2.25. The van der Waals surface area contributed by atoms with Crippen molar-refractivity contribution in [3.8, 4) is 0 Å². The quantitative estimate of drug-likeness (QED) is 0.866. The third-order valence-electron chi connectivity index (χ3n) is 5.51. The SMILES string of the molecule is CC(C)C(=O)N1CCc2cc(NC(=O)c3ccc(N4CCCC4=O)cc3)ccc21. The molecule has 4 rings (SSSR count). The standard InChI is InChI=1S/C23H25N3O3/c1-15(2)23(29)26-13-11-17-14-18(7-10-20(17)26)24-22(28)16-5-8-19(9-6-16)25-12-3-4-21(25)27/h5-10,14-15H,3-4,11-13H2,1-2H3,(H,24,28). The molecule has 0 aliphatic carbocycles. The Balaban J connectivity index is 1.45. The normalized spacial score (nSPS) is 15.8. The van der Waals surface area contributed by atoms with Crippen molar-refractivity contribution in [2.45, 2.75) is 33.1 Å². The molecule has 1 saturated heterocycles. The number of hydrogen-bond acceptors (Lipinski definition) is 3. The van der Waals surface area contributed by atoms with Crippen LogP contribution in [-0.4, -0.2) is 30.8 Å². The number of fused-ring (bicyclic) bond motifs is 1. The number of carbonyl (C=O) groups excluding carboxylic acids is 3. The minimum absolute atomic E-state index is 0.0424. The van der Waals surface area contributed by atoms with Crippen molar-refractivity contribution in [2.24, 2.45) is 5.92 Å². The number of nitrogens with zero attached hydrogens (tertiary/aromatic N) is 2. The molecule has 1 fully saturated rings. The number of anilines is 3. The van der Waals surface area contributed by atoms with Gasteiger partial charge >= 0.3 is 0 Å². The van der Waals surface area contributed by atoms with E-state index < -0.39 is 0 Å². The Morgan fingerprint density at radius 3 is 2.41 bits per heavy atom. The van der Waals surface area contributed by atoms with E-state index in [0.717, 1.165) is 36.3 Å². The van der Waals surface area contributed by atoms with Crippen LogP contribution in [0.1, 0.15) is 42.6 Å². The van der Waals surface area contributed by atoms with Crippen LogP contribution in [0.2, 0.25) is 0 Å². The maximum Gasteiger partial charge on any atom is 0.255 e.